The molecule has 0 spiro atoms. The van der Waals surface area contributed by atoms with Crippen LogP contribution in [-0.4, -0.2) is 58.2 Å². The van der Waals surface area contributed by atoms with Crippen molar-refractivity contribution in [2.24, 2.45) is 0 Å². The molecule has 150 valence electrons. The van der Waals surface area contributed by atoms with Crippen LogP contribution in [0, 0.1) is 13.8 Å². The van der Waals surface area contributed by atoms with Gasteiger partial charge in [0.1, 0.15) is 5.82 Å². The molecular formula is C22H31N5S. The van der Waals surface area contributed by atoms with Crippen LogP contribution in [0.4, 0.5) is 5.82 Å². The molecule has 28 heavy (non-hydrogen) atoms. The third-order valence-corrected chi connectivity index (χ3v) is 5.68. The Morgan fingerprint density at radius 1 is 1.11 bits per heavy atom. The van der Waals surface area contributed by atoms with Crippen LogP contribution in [0.5, 0.6) is 0 Å². The predicted molar refractivity (Wildman–Crippen MR) is 121 cm³/mol. The highest BCUT2D eigenvalue weighted by Crippen LogP contribution is 2.26. The minimum absolute atomic E-state index is 0.914. The quantitative estimate of drug-likeness (QED) is 0.510. The second-order valence-corrected chi connectivity index (χ2v) is 8.32. The van der Waals surface area contributed by atoms with Gasteiger partial charge < -0.3 is 10.2 Å². The second-order valence-electron chi connectivity index (χ2n) is 7.33. The van der Waals surface area contributed by atoms with Crippen LogP contribution in [0.15, 0.2) is 36.5 Å². The molecule has 0 saturated heterocycles. The number of rotatable bonds is 10. The number of aryl methyl sites for hydroxylation is 2. The van der Waals surface area contributed by atoms with Gasteiger partial charge in [0.2, 0.25) is 0 Å². The van der Waals surface area contributed by atoms with Crippen molar-refractivity contribution in [3.8, 4) is 11.3 Å². The van der Waals surface area contributed by atoms with Crippen LogP contribution in [0.25, 0.3) is 16.9 Å². The van der Waals surface area contributed by atoms with E-state index in [1.807, 2.05) is 22.5 Å². The van der Waals surface area contributed by atoms with Gasteiger partial charge in [-0.05, 0) is 64.4 Å². The minimum atomic E-state index is 0.914. The third kappa shape index (κ3) is 5.06. The van der Waals surface area contributed by atoms with E-state index >= 15 is 0 Å². The lowest BCUT2D eigenvalue weighted by Crippen LogP contribution is -2.23. The van der Waals surface area contributed by atoms with Gasteiger partial charge in [0, 0.05) is 23.7 Å². The summed E-state index contributed by atoms with van der Waals surface area (Å²) in [5, 5.41) is 8.10. The topological polar surface area (TPSA) is 45.5 Å². The highest BCUT2D eigenvalue weighted by atomic mass is 32.2. The number of fused-ring (bicyclic) bond motifs is 1. The van der Waals surface area contributed by atoms with Gasteiger partial charge in [0.25, 0.3) is 0 Å². The Bertz CT molecular complexity index is 905. The van der Waals surface area contributed by atoms with E-state index in [2.05, 4.69) is 72.8 Å². The van der Waals surface area contributed by atoms with Crippen LogP contribution < -0.4 is 5.32 Å². The molecule has 1 aromatic carbocycles. The number of nitrogens with one attached hydrogen (secondary N) is 1. The maximum absolute atomic E-state index is 4.88. The van der Waals surface area contributed by atoms with E-state index in [1.54, 1.807) is 0 Å². The first-order valence-corrected chi connectivity index (χ1v) is 11.3. The van der Waals surface area contributed by atoms with E-state index in [1.165, 1.54) is 23.3 Å². The van der Waals surface area contributed by atoms with E-state index in [9.17, 15) is 0 Å². The fourth-order valence-electron chi connectivity index (χ4n) is 3.35. The van der Waals surface area contributed by atoms with E-state index in [0.717, 1.165) is 48.8 Å². The van der Waals surface area contributed by atoms with Crippen molar-refractivity contribution in [2.45, 2.75) is 26.7 Å². The van der Waals surface area contributed by atoms with Gasteiger partial charge in [-0.1, -0.05) is 24.3 Å². The average Bonchev–Trinajstić information content (AvgIpc) is 3.07. The van der Waals surface area contributed by atoms with Crippen molar-refractivity contribution < 1.29 is 0 Å². The molecule has 2 aromatic heterocycles. The molecule has 0 saturated carbocycles. The third-order valence-electron chi connectivity index (χ3n) is 4.98. The van der Waals surface area contributed by atoms with Gasteiger partial charge in [-0.25, -0.2) is 4.98 Å². The summed E-state index contributed by atoms with van der Waals surface area (Å²) in [5.41, 5.74) is 5.40. The molecule has 0 atom stereocenters. The molecule has 3 rings (SSSR count). The number of anilines is 1. The molecular weight excluding hydrogens is 366 g/mol. The standard InChI is InChI=1S/C22H31N5S/c1-17-9-5-6-10-19(17)20-15-21(27-22(25-20)18(2)16-24-27)23-11-7-12-26(3)13-8-14-28-4/h5-6,9-10,15-16,23H,7-8,11-14H2,1-4H3. The molecule has 0 bridgehead atoms. The van der Waals surface area contributed by atoms with Crippen LogP contribution in [0.3, 0.4) is 0 Å². The van der Waals surface area contributed by atoms with Crippen molar-refractivity contribution >= 4 is 23.2 Å². The van der Waals surface area contributed by atoms with Crippen molar-refractivity contribution in [3.05, 3.63) is 47.7 Å². The van der Waals surface area contributed by atoms with Crippen LogP contribution >= 0.6 is 11.8 Å². The van der Waals surface area contributed by atoms with Crippen molar-refractivity contribution in [3.63, 3.8) is 0 Å². The Morgan fingerprint density at radius 2 is 1.89 bits per heavy atom. The maximum atomic E-state index is 4.88. The number of thioether (sulfide) groups is 1. The fourth-order valence-corrected chi connectivity index (χ4v) is 3.77. The van der Waals surface area contributed by atoms with Crippen molar-refractivity contribution in [2.75, 3.05) is 44.0 Å². The van der Waals surface area contributed by atoms with Gasteiger partial charge in [-0.15, -0.1) is 0 Å². The predicted octanol–water partition coefficient (Wildman–Crippen LogP) is 4.50. The second kappa shape index (κ2) is 9.94. The van der Waals surface area contributed by atoms with Gasteiger partial charge in [0.05, 0.1) is 11.9 Å². The highest BCUT2D eigenvalue weighted by Gasteiger charge is 2.11. The molecule has 3 aromatic rings. The lowest BCUT2D eigenvalue weighted by atomic mass is 10.1. The first kappa shape index (κ1) is 20.7. The maximum Gasteiger partial charge on any atom is 0.160 e. The summed E-state index contributed by atoms with van der Waals surface area (Å²) >= 11 is 1.92. The molecule has 0 fully saturated rings. The number of benzene rings is 1. The zero-order valence-corrected chi connectivity index (χ0v) is 18.2. The number of nitrogens with zero attached hydrogens (tertiary/aromatic N) is 4. The Labute approximate surface area is 172 Å². The molecule has 1 N–H and O–H groups in total. The molecule has 2 heterocycles. The van der Waals surface area contributed by atoms with Gasteiger partial charge in [-0.3, -0.25) is 0 Å². The van der Waals surface area contributed by atoms with E-state index in [0.29, 0.717) is 0 Å². The van der Waals surface area contributed by atoms with Gasteiger partial charge in [0.15, 0.2) is 5.65 Å². The van der Waals surface area contributed by atoms with Crippen LogP contribution in [0.1, 0.15) is 24.0 Å². The molecule has 0 radical (unpaired) electrons. The van der Waals surface area contributed by atoms with Crippen LogP contribution in [-0.2, 0) is 0 Å². The van der Waals surface area contributed by atoms with Crippen LogP contribution in [0.2, 0.25) is 0 Å². The summed E-state index contributed by atoms with van der Waals surface area (Å²) in [4.78, 5) is 7.29. The van der Waals surface area contributed by atoms with Gasteiger partial charge >= 0.3 is 0 Å². The lowest BCUT2D eigenvalue weighted by molar-refractivity contribution is 0.334. The zero-order valence-electron chi connectivity index (χ0n) is 17.4. The van der Waals surface area contributed by atoms with Gasteiger partial charge in [-0.2, -0.15) is 21.4 Å². The fraction of sp³-hybridized carbons (Fsp3) is 0.455. The van der Waals surface area contributed by atoms with E-state index in [4.69, 9.17) is 4.98 Å². The van der Waals surface area contributed by atoms with E-state index in [-0.39, 0.29) is 0 Å². The number of hydrogen-bond acceptors (Lipinski definition) is 5. The number of aromatic nitrogens is 3. The summed E-state index contributed by atoms with van der Waals surface area (Å²) in [7, 11) is 2.21. The molecule has 0 aliphatic heterocycles. The zero-order chi connectivity index (χ0) is 19.9. The summed E-state index contributed by atoms with van der Waals surface area (Å²) in [6.45, 7) is 7.36. The molecule has 0 amide bonds. The van der Waals surface area contributed by atoms with Crippen molar-refractivity contribution in [1.82, 2.24) is 19.5 Å². The Kier molecular flexibility index (Phi) is 7.34. The number of hydrogen-bond donors (Lipinski definition) is 1. The molecule has 6 heteroatoms. The lowest BCUT2D eigenvalue weighted by Gasteiger charge is -2.17. The minimum Gasteiger partial charge on any atom is -0.370 e. The summed E-state index contributed by atoms with van der Waals surface area (Å²) in [6.07, 6.45) is 6.40. The molecule has 0 aliphatic rings. The first-order chi connectivity index (χ1) is 13.6. The monoisotopic (exact) mass is 397 g/mol. The first-order valence-electron chi connectivity index (χ1n) is 9.93. The Hall–Kier alpha value is -2.05. The average molecular weight is 398 g/mol. The van der Waals surface area contributed by atoms with Crippen molar-refractivity contribution in [1.29, 1.82) is 0 Å². The smallest absolute Gasteiger partial charge is 0.160 e. The summed E-state index contributed by atoms with van der Waals surface area (Å²) in [6, 6.07) is 10.5. The SMILES string of the molecule is CSCCCN(C)CCCNc1cc(-c2ccccc2C)nc2c(C)cnn12. The molecule has 0 unspecified atom stereocenters. The Morgan fingerprint density at radius 3 is 2.68 bits per heavy atom. The normalized spacial score (nSPS) is 11.5. The molecule has 0 aliphatic carbocycles. The Balaban J connectivity index is 1.71. The highest BCUT2D eigenvalue weighted by molar-refractivity contribution is 7.98. The van der Waals surface area contributed by atoms with E-state index < -0.39 is 0 Å². The summed E-state index contributed by atoms with van der Waals surface area (Å²) in [5.74, 6) is 2.24. The largest absolute Gasteiger partial charge is 0.370 e. The molecule has 5 nitrogen and oxygen atoms in total. The summed E-state index contributed by atoms with van der Waals surface area (Å²) < 4.78 is 1.92.